The van der Waals surface area contributed by atoms with Crippen molar-refractivity contribution >= 4 is 54.5 Å². The van der Waals surface area contributed by atoms with E-state index in [2.05, 4.69) is 4.74 Å². The Bertz CT molecular complexity index is 513. The zero-order chi connectivity index (χ0) is 23.5. The molecule has 29 heavy (non-hydrogen) atoms. The van der Waals surface area contributed by atoms with Crippen molar-refractivity contribution in [3.63, 3.8) is 0 Å². The van der Waals surface area contributed by atoms with Crippen LogP contribution in [0, 0.1) is 0 Å². The van der Waals surface area contributed by atoms with Crippen LogP contribution in [-0.2, 0) is 17.1 Å². The first-order chi connectivity index (χ1) is 12.5. The molecule has 0 heterocycles. The molecule has 4 nitrogen and oxygen atoms in total. The maximum atomic E-state index is 12.5. The van der Waals surface area contributed by atoms with Crippen molar-refractivity contribution in [3.05, 3.63) is 0 Å². The molecule has 0 amide bonds. The molecule has 0 aromatic rings. The standard InChI is InChI=1S/C13H28Cl2F6O4Si4/c1-26(2,14)23-27(3,4)24-28(5,6)25-29(7,15)10-8-9-22-11(12(16,17)18)13(19,20)21/h11H,8-10H2,1-7H3. The molecule has 0 saturated heterocycles. The Balaban J connectivity index is 4.75. The maximum absolute atomic E-state index is 12.5. The third-order valence-electron chi connectivity index (χ3n) is 3.09. The highest BCUT2D eigenvalue weighted by Crippen LogP contribution is 2.36. The summed E-state index contributed by atoms with van der Waals surface area (Å²) in [5.74, 6) is 0. The summed E-state index contributed by atoms with van der Waals surface area (Å²) in [6.07, 6.45) is -15.0. The summed E-state index contributed by atoms with van der Waals surface area (Å²) in [5, 5.41) is 0. The lowest BCUT2D eigenvalue weighted by atomic mass is 10.3. The summed E-state index contributed by atoms with van der Waals surface area (Å²) in [7, 11) is -10.7. The second-order valence-corrected chi connectivity index (χ2v) is 26.6. The van der Waals surface area contributed by atoms with Crippen LogP contribution in [0.4, 0.5) is 26.3 Å². The van der Waals surface area contributed by atoms with Gasteiger partial charge in [0.2, 0.25) is 6.10 Å². The smallest absolute Gasteiger partial charge is 0.423 e. The van der Waals surface area contributed by atoms with Gasteiger partial charge in [-0.05, 0) is 58.3 Å². The van der Waals surface area contributed by atoms with Crippen LogP contribution in [0.25, 0.3) is 0 Å². The van der Waals surface area contributed by atoms with Gasteiger partial charge in [-0.3, -0.25) is 0 Å². The Kier molecular flexibility index (Phi) is 10.5. The Morgan fingerprint density at radius 1 is 0.724 bits per heavy atom. The van der Waals surface area contributed by atoms with E-state index in [1.165, 1.54) is 0 Å². The van der Waals surface area contributed by atoms with E-state index in [0.29, 0.717) is 0 Å². The van der Waals surface area contributed by atoms with Crippen LogP contribution < -0.4 is 0 Å². The van der Waals surface area contributed by atoms with Gasteiger partial charge >= 0.3 is 29.5 Å². The Morgan fingerprint density at radius 2 is 1.14 bits per heavy atom. The van der Waals surface area contributed by atoms with Crippen molar-refractivity contribution in [1.82, 2.24) is 0 Å². The van der Waals surface area contributed by atoms with Gasteiger partial charge in [0.05, 0.1) is 0 Å². The molecule has 0 aromatic carbocycles. The number of hydrogen-bond acceptors (Lipinski definition) is 4. The minimum Gasteiger partial charge on any atom is -0.425 e. The van der Waals surface area contributed by atoms with Gasteiger partial charge in [0.15, 0.2) is 0 Å². The molecule has 1 atom stereocenters. The molecule has 0 spiro atoms. The van der Waals surface area contributed by atoms with Crippen LogP contribution in [-0.4, -0.2) is 57.4 Å². The van der Waals surface area contributed by atoms with Crippen molar-refractivity contribution < 1.29 is 43.4 Å². The van der Waals surface area contributed by atoms with Crippen LogP contribution in [0.5, 0.6) is 0 Å². The second kappa shape index (κ2) is 10.2. The lowest BCUT2D eigenvalue weighted by molar-refractivity contribution is -0.321. The van der Waals surface area contributed by atoms with E-state index in [9.17, 15) is 26.3 Å². The van der Waals surface area contributed by atoms with Gasteiger partial charge in [-0.15, -0.1) is 22.2 Å². The summed E-state index contributed by atoms with van der Waals surface area (Å²) >= 11 is 12.6. The van der Waals surface area contributed by atoms with Crippen molar-refractivity contribution in [2.45, 2.75) is 76.8 Å². The zero-order valence-corrected chi connectivity index (χ0v) is 22.9. The van der Waals surface area contributed by atoms with E-state index in [-0.39, 0.29) is 12.5 Å². The summed E-state index contributed by atoms with van der Waals surface area (Å²) in [4.78, 5) is 0. The molecule has 0 saturated carbocycles. The van der Waals surface area contributed by atoms with Crippen molar-refractivity contribution in [3.8, 4) is 0 Å². The molecule has 176 valence electrons. The van der Waals surface area contributed by atoms with E-state index in [4.69, 9.17) is 34.5 Å². The van der Waals surface area contributed by atoms with Gasteiger partial charge in [-0.25, -0.2) is 0 Å². The van der Waals surface area contributed by atoms with Crippen molar-refractivity contribution in [1.29, 1.82) is 0 Å². The first kappa shape index (κ1) is 29.9. The van der Waals surface area contributed by atoms with E-state index in [1.807, 2.05) is 13.1 Å². The lowest BCUT2D eigenvalue weighted by Gasteiger charge is -2.38. The fraction of sp³-hybridized carbons (Fsp3) is 1.00. The summed E-state index contributed by atoms with van der Waals surface area (Å²) < 4.78 is 96.7. The fourth-order valence-electron chi connectivity index (χ4n) is 2.75. The van der Waals surface area contributed by atoms with Gasteiger partial charge in [-0.1, -0.05) is 0 Å². The van der Waals surface area contributed by atoms with Crippen LogP contribution >= 0.6 is 22.2 Å². The molecule has 0 aromatic heterocycles. The quantitative estimate of drug-likeness (QED) is 0.127. The number of alkyl halides is 6. The largest absolute Gasteiger partial charge is 0.425 e. The van der Waals surface area contributed by atoms with Crippen LogP contribution in [0.1, 0.15) is 6.42 Å². The van der Waals surface area contributed by atoms with E-state index < -0.39 is 57.4 Å². The molecule has 0 aliphatic rings. The van der Waals surface area contributed by atoms with Crippen LogP contribution in [0.15, 0.2) is 0 Å². The molecular weight excluding hydrogens is 517 g/mol. The van der Waals surface area contributed by atoms with Gasteiger partial charge in [0, 0.05) is 6.61 Å². The van der Waals surface area contributed by atoms with Gasteiger partial charge in [-0.2, -0.15) is 26.3 Å². The number of ether oxygens (including phenoxy) is 1. The summed E-state index contributed by atoms with van der Waals surface area (Å²) in [5.41, 5.74) is 0. The van der Waals surface area contributed by atoms with Crippen molar-refractivity contribution in [2.24, 2.45) is 0 Å². The third kappa shape index (κ3) is 13.8. The monoisotopic (exact) mass is 544 g/mol. The molecule has 0 radical (unpaired) electrons. The predicted molar refractivity (Wildman–Crippen MR) is 110 cm³/mol. The normalized spacial score (nSPS) is 17.0. The Labute approximate surface area is 181 Å². The predicted octanol–water partition coefficient (Wildman–Crippen LogP) is 6.59. The minimum atomic E-state index is -5.53. The average molecular weight is 546 g/mol. The number of hydrogen-bond donors (Lipinski definition) is 0. The highest BCUT2D eigenvalue weighted by Gasteiger charge is 2.58. The molecule has 16 heteroatoms. The lowest BCUT2D eigenvalue weighted by Crippen LogP contribution is -2.55. The maximum Gasteiger partial charge on any atom is 0.423 e. The fourth-order valence-corrected chi connectivity index (χ4v) is 22.3. The number of halogens is 8. The third-order valence-corrected chi connectivity index (χ3v) is 17.8. The van der Waals surface area contributed by atoms with E-state index >= 15 is 0 Å². The molecule has 0 aliphatic heterocycles. The highest BCUT2D eigenvalue weighted by molar-refractivity contribution is 7.19. The average Bonchev–Trinajstić information content (AvgIpc) is 2.27. The Morgan fingerprint density at radius 3 is 1.52 bits per heavy atom. The van der Waals surface area contributed by atoms with Gasteiger partial charge in [0.1, 0.15) is 0 Å². The zero-order valence-electron chi connectivity index (χ0n) is 17.4. The molecule has 0 N–H and O–H groups in total. The topological polar surface area (TPSA) is 36.9 Å². The molecule has 0 rings (SSSR count). The molecule has 0 aliphatic carbocycles. The minimum absolute atomic E-state index is 0.0926. The molecule has 0 fully saturated rings. The first-order valence-corrected chi connectivity index (χ1v) is 21.9. The van der Waals surface area contributed by atoms with Gasteiger partial charge in [0.25, 0.3) is 15.3 Å². The van der Waals surface area contributed by atoms with E-state index in [1.54, 1.807) is 32.7 Å². The first-order valence-electron chi connectivity index (χ1n) is 8.69. The summed E-state index contributed by atoms with van der Waals surface area (Å²) in [6.45, 7) is 11.6. The SMILES string of the molecule is C[Si](C)(Cl)O[Si](C)(C)O[Si](C)(C)O[Si](C)(Cl)CCCOC(C(F)(F)F)C(F)(F)F. The Hall–Kier alpha value is 0.868. The van der Waals surface area contributed by atoms with Crippen molar-refractivity contribution in [2.75, 3.05) is 6.61 Å². The molecular formula is C13H28Cl2F6O4Si4. The second-order valence-electron chi connectivity index (χ2n) is 8.01. The van der Waals surface area contributed by atoms with Gasteiger partial charge < -0.3 is 17.1 Å². The molecule has 0 bridgehead atoms. The van der Waals surface area contributed by atoms with Crippen LogP contribution in [0.3, 0.4) is 0 Å². The van der Waals surface area contributed by atoms with E-state index in [0.717, 1.165) is 0 Å². The highest BCUT2D eigenvalue weighted by atomic mass is 35.6. The van der Waals surface area contributed by atoms with Crippen LogP contribution in [0.2, 0.25) is 51.9 Å². The molecule has 1 unspecified atom stereocenters. The summed E-state index contributed by atoms with van der Waals surface area (Å²) in [6, 6.07) is 0.0926. The number of rotatable bonds is 11.